The van der Waals surface area contributed by atoms with Gasteiger partial charge in [0.1, 0.15) is 17.2 Å². The fourth-order valence-corrected chi connectivity index (χ4v) is 2.07. The van der Waals surface area contributed by atoms with Gasteiger partial charge in [0.15, 0.2) is 5.82 Å². The van der Waals surface area contributed by atoms with Crippen molar-refractivity contribution in [1.29, 1.82) is 0 Å². The molecular formula is C15H11ClN4. The van der Waals surface area contributed by atoms with Gasteiger partial charge in [0.2, 0.25) is 0 Å². The lowest BCUT2D eigenvalue weighted by Gasteiger charge is -2.09. The van der Waals surface area contributed by atoms with Gasteiger partial charge < -0.3 is 0 Å². The van der Waals surface area contributed by atoms with Gasteiger partial charge in [0.05, 0.1) is 5.69 Å². The molecule has 0 unspecified atom stereocenters. The van der Waals surface area contributed by atoms with Gasteiger partial charge >= 0.3 is 0 Å². The van der Waals surface area contributed by atoms with Crippen LogP contribution in [0.25, 0.3) is 22.8 Å². The predicted molar refractivity (Wildman–Crippen MR) is 78.2 cm³/mol. The molecule has 0 N–H and O–H groups in total. The second-order valence-electron chi connectivity index (χ2n) is 4.27. The number of aromatic nitrogens is 4. The third-order valence-electron chi connectivity index (χ3n) is 2.94. The molecule has 5 heteroatoms. The van der Waals surface area contributed by atoms with Gasteiger partial charge in [-0.2, -0.15) is 0 Å². The number of rotatable bonds is 2. The van der Waals surface area contributed by atoms with Crippen molar-refractivity contribution < 1.29 is 0 Å². The Balaban J connectivity index is 2.19. The number of hydrogen-bond acceptors (Lipinski definition) is 4. The molecule has 0 spiro atoms. The molecule has 0 fully saturated rings. The Labute approximate surface area is 121 Å². The summed E-state index contributed by atoms with van der Waals surface area (Å²) >= 11 is 6.22. The van der Waals surface area contributed by atoms with Crippen molar-refractivity contribution in [2.45, 2.75) is 6.92 Å². The zero-order chi connectivity index (χ0) is 13.9. The lowest BCUT2D eigenvalue weighted by Crippen LogP contribution is -1.98. The van der Waals surface area contributed by atoms with Crippen molar-refractivity contribution in [2.24, 2.45) is 0 Å². The first-order chi connectivity index (χ1) is 9.75. The second kappa shape index (κ2) is 5.35. The molecular weight excluding hydrogens is 272 g/mol. The molecule has 98 valence electrons. The van der Waals surface area contributed by atoms with Gasteiger partial charge in [-0.3, -0.25) is 0 Å². The molecule has 2 heterocycles. The molecule has 0 aliphatic carbocycles. The van der Waals surface area contributed by atoms with Crippen LogP contribution in [0.2, 0.25) is 5.15 Å². The summed E-state index contributed by atoms with van der Waals surface area (Å²) in [6.07, 6.45) is 3.12. The van der Waals surface area contributed by atoms with Crippen LogP contribution in [0, 0.1) is 6.92 Å². The first-order valence-electron chi connectivity index (χ1n) is 6.11. The standard InChI is InChI=1S/C15H11ClN4/c1-10-13(11-5-3-2-4-6-11)19-15(20-14(10)16)12-7-8-17-9-18-12/h2-9H,1H3. The van der Waals surface area contributed by atoms with Crippen LogP contribution in [-0.2, 0) is 0 Å². The highest BCUT2D eigenvalue weighted by Crippen LogP contribution is 2.27. The summed E-state index contributed by atoms with van der Waals surface area (Å²) in [4.78, 5) is 16.9. The van der Waals surface area contributed by atoms with E-state index in [2.05, 4.69) is 19.9 Å². The molecule has 0 saturated heterocycles. The SMILES string of the molecule is Cc1c(Cl)nc(-c2ccncn2)nc1-c1ccccc1. The number of halogens is 1. The van der Waals surface area contributed by atoms with E-state index >= 15 is 0 Å². The second-order valence-corrected chi connectivity index (χ2v) is 4.63. The van der Waals surface area contributed by atoms with Crippen LogP contribution in [0.1, 0.15) is 5.56 Å². The monoisotopic (exact) mass is 282 g/mol. The Bertz CT molecular complexity index is 730. The van der Waals surface area contributed by atoms with E-state index < -0.39 is 0 Å². The van der Waals surface area contributed by atoms with Gasteiger partial charge in [0, 0.05) is 17.3 Å². The van der Waals surface area contributed by atoms with E-state index in [0.29, 0.717) is 16.7 Å². The summed E-state index contributed by atoms with van der Waals surface area (Å²) in [5, 5.41) is 0.437. The lowest BCUT2D eigenvalue weighted by atomic mass is 10.1. The Hall–Kier alpha value is -2.33. The van der Waals surface area contributed by atoms with Gasteiger partial charge in [-0.1, -0.05) is 41.9 Å². The van der Waals surface area contributed by atoms with E-state index in [1.54, 1.807) is 12.3 Å². The molecule has 0 aliphatic rings. The molecule has 4 nitrogen and oxygen atoms in total. The quantitative estimate of drug-likeness (QED) is 0.674. The summed E-state index contributed by atoms with van der Waals surface area (Å²) in [5.74, 6) is 0.502. The van der Waals surface area contributed by atoms with Crippen LogP contribution in [0.3, 0.4) is 0 Å². The summed E-state index contributed by atoms with van der Waals surface area (Å²) in [6, 6.07) is 11.7. The van der Waals surface area contributed by atoms with E-state index in [1.165, 1.54) is 6.33 Å². The molecule has 0 aliphatic heterocycles. The molecule has 0 radical (unpaired) electrons. The predicted octanol–water partition coefficient (Wildman–Crippen LogP) is 3.56. The normalized spacial score (nSPS) is 10.5. The molecule has 3 aromatic rings. The van der Waals surface area contributed by atoms with Crippen LogP contribution >= 0.6 is 11.6 Å². The van der Waals surface area contributed by atoms with Crippen LogP contribution in [0.5, 0.6) is 0 Å². The Morgan fingerprint density at radius 3 is 2.50 bits per heavy atom. The van der Waals surface area contributed by atoms with Crippen molar-refractivity contribution in [3.8, 4) is 22.8 Å². The van der Waals surface area contributed by atoms with Crippen molar-refractivity contribution in [3.63, 3.8) is 0 Å². The van der Waals surface area contributed by atoms with Crippen molar-refractivity contribution in [1.82, 2.24) is 19.9 Å². The van der Waals surface area contributed by atoms with E-state index in [-0.39, 0.29) is 0 Å². The van der Waals surface area contributed by atoms with Crippen molar-refractivity contribution in [2.75, 3.05) is 0 Å². The van der Waals surface area contributed by atoms with E-state index in [4.69, 9.17) is 11.6 Å². The molecule has 20 heavy (non-hydrogen) atoms. The topological polar surface area (TPSA) is 51.6 Å². The largest absolute Gasteiger partial charge is 0.245 e. The molecule has 0 atom stereocenters. The third-order valence-corrected chi connectivity index (χ3v) is 3.31. The highest BCUT2D eigenvalue weighted by atomic mass is 35.5. The minimum Gasteiger partial charge on any atom is -0.245 e. The average Bonchev–Trinajstić information content (AvgIpc) is 2.51. The first kappa shape index (κ1) is 12.7. The minimum absolute atomic E-state index is 0.437. The van der Waals surface area contributed by atoms with Crippen molar-refractivity contribution in [3.05, 3.63) is 59.6 Å². The summed E-state index contributed by atoms with van der Waals surface area (Å²) < 4.78 is 0. The van der Waals surface area contributed by atoms with E-state index in [1.807, 2.05) is 37.3 Å². The molecule has 0 bridgehead atoms. The number of benzene rings is 1. The van der Waals surface area contributed by atoms with Crippen LogP contribution in [0.15, 0.2) is 48.9 Å². The average molecular weight is 283 g/mol. The Morgan fingerprint density at radius 2 is 1.80 bits per heavy atom. The van der Waals surface area contributed by atoms with Gasteiger partial charge in [0.25, 0.3) is 0 Å². The molecule has 1 aromatic carbocycles. The summed E-state index contributed by atoms with van der Waals surface area (Å²) in [5.41, 5.74) is 3.33. The maximum atomic E-state index is 6.22. The van der Waals surface area contributed by atoms with Crippen LogP contribution in [0.4, 0.5) is 0 Å². The third kappa shape index (κ3) is 2.38. The fourth-order valence-electron chi connectivity index (χ4n) is 1.90. The maximum absolute atomic E-state index is 6.22. The van der Waals surface area contributed by atoms with Gasteiger partial charge in [-0.15, -0.1) is 0 Å². The number of hydrogen-bond donors (Lipinski definition) is 0. The summed E-state index contributed by atoms with van der Waals surface area (Å²) in [6.45, 7) is 1.91. The van der Waals surface area contributed by atoms with Crippen molar-refractivity contribution >= 4 is 11.6 Å². The molecule has 0 amide bonds. The zero-order valence-corrected chi connectivity index (χ0v) is 11.5. The molecule has 2 aromatic heterocycles. The first-order valence-corrected chi connectivity index (χ1v) is 6.49. The zero-order valence-electron chi connectivity index (χ0n) is 10.8. The summed E-state index contributed by atoms with van der Waals surface area (Å²) in [7, 11) is 0. The smallest absolute Gasteiger partial charge is 0.180 e. The fraction of sp³-hybridized carbons (Fsp3) is 0.0667. The van der Waals surface area contributed by atoms with E-state index in [9.17, 15) is 0 Å². The Morgan fingerprint density at radius 1 is 1.00 bits per heavy atom. The van der Waals surface area contributed by atoms with Crippen LogP contribution < -0.4 is 0 Å². The highest BCUT2D eigenvalue weighted by Gasteiger charge is 2.12. The lowest BCUT2D eigenvalue weighted by molar-refractivity contribution is 1.09. The number of nitrogens with zero attached hydrogens (tertiary/aromatic N) is 4. The maximum Gasteiger partial charge on any atom is 0.180 e. The molecule has 0 saturated carbocycles. The Kier molecular flexibility index (Phi) is 3.39. The van der Waals surface area contributed by atoms with Crippen LogP contribution in [-0.4, -0.2) is 19.9 Å². The molecule has 3 rings (SSSR count). The highest BCUT2D eigenvalue weighted by molar-refractivity contribution is 6.30. The van der Waals surface area contributed by atoms with E-state index in [0.717, 1.165) is 16.8 Å². The van der Waals surface area contributed by atoms with Gasteiger partial charge in [-0.25, -0.2) is 19.9 Å². The minimum atomic E-state index is 0.437. The van der Waals surface area contributed by atoms with Gasteiger partial charge in [-0.05, 0) is 13.0 Å².